The fourth-order valence-electron chi connectivity index (χ4n) is 3.33. The summed E-state index contributed by atoms with van der Waals surface area (Å²) in [6.45, 7) is 9.35. The first-order valence-electron chi connectivity index (χ1n) is 7.49. The third kappa shape index (κ3) is 3.04. The van der Waals surface area contributed by atoms with Crippen molar-refractivity contribution in [2.24, 2.45) is 0 Å². The fraction of sp³-hybridized carbons (Fsp3) is 0.929. The second-order valence-corrected chi connectivity index (χ2v) is 5.52. The summed E-state index contributed by atoms with van der Waals surface area (Å²) in [6, 6.07) is 0.633. The number of hydrogen-bond acceptors (Lipinski definition) is 3. The van der Waals surface area contributed by atoms with Crippen LogP contribution in [0, 0.1) is 0 Å². The Morgan fingerprint density at radius 3 is 2.50 bits per heavy atom. The summed E-state index contributed by atoms with van der Waals surface area (Å²) in [5, 5.41) is 3.39. The van der Waals surface area contributed by atoms with Crippen molar-refractivity contribution in [2.75, 3.05) is 32.7 Å². The topological polar surface area (TPSA) is 35.6 Å². The van der Waals surface area contributed by atoms with Crippen LogP contribution in [0.15, 0.2) is 0 Å². The summed E-state index contributed by atoms with van der Waals surface area (Å²) >= 11 is 0. The van der Waals surface area contributed by atoms with Crippen molar-refractivity contribution in [1.82, 2.24) is 15.1 Å². The first-order valence-corrected chi connectivity index (χ1v) is 7.49. The summed E-state index contributed by atoms with van der Waals surface area (Å²) in [4.78, 5) is 16.9. The highest BCUT2D eigenvalue weighted by Crippen LogP contribution is 2.18. The number of nitrogens with one attached hydrogen (secondary N) is 1. The van der Waals surface area contributed by atoms with Gasteiger partial charge in [0.15, 0.2) is 0 Å². The SMILES string of the molecule is CCN(C1CCNCC1)C(C)C(=O)N1CCCC1. The second-order valence-electron chi connectivity index (χ2n) is 5.52. The molecule has 2 aliphatic heterocycles. The molecule has 0 aromatic rings. The molecule has 4 heteroatoms. The Bertz CT molecular complexity index is 270. The van der Waals surface area contributed by atoms with Crippen LogP contribution in [0.2, 0.25) is 0 Å². The van der Waals surface area contributed by atoms with E-state index in [1.54, 1.807) is 0 Å². The van der Waals surface area contributed by atoms with E-state index in [2.05, 4.69) is 29.0 Å². The second kappa shape index (κ2) is 6.53. The van der Waals surface area contributed by atoms with E-state index in [4.69, 9.17) is 0 Å². The number of likely N-dealkylation sites (N-methyl/N-ethyl adjacent to an activating group) is 1. The number of carbonyl (C=O) groups excluding carboxylic acids is 1. The Hall–Kier alpha value is -0.610. The molecule has 1 unspecified atom stereocenters. The van der Waals surface area contributed by atoms with Crippen molar-refractivity contribution in [3.05, 3.63) is 0 Å². The minimum absolute atomic E-state index is 0.0520. The zero-order chi connectivity index (χ0) is 13.0. The van der Waals surface area contributed by atoms with Crippen molar-refractivity contribution in [1.29, 1.82) is 0 Å². The summed E-state index contributed by atoms with van der Waals surface area (Å²) < 4.78 is 0. The molecule has 2 rings (SSSR count). The van der Waals surface area contributed by atoms with E-state index in [9.17, 15) is 4.79 Å². The van der Waals surface area contributed by atoms with Crippen LogP contribution in [-0.2, 0) is 4.79 Å². The minimum atomic E-state index is 0.0520. The van der Waals surface area contributed by atoms with E-state index in [-0.39, 0.29) is 6.04 Å². The van der Waals surface area contributed by atoms with Gasteiger partial charge in [-0.1, -0.05) is 6.92 Å². The third-order valence-corrected chi connectivity index (χ3v) is 4.42. The van der Waals surface area contributed by atoms with E-state index < -0.39 is 0 Å². The normalized spacial score (nSPS) is 23.6. The van der Waals surface area contributed by atoms with Gasteiger partial charge in [-0.05, 0) is 52.2 Å². The van der Waals surface area contributed by atoms with Gasteiger partial charge < -0.3 is 10.2 Å². The zero-order valence-corrected chi connectivity index (χ0v) is 11.8. The van der Waals surface area contributed by atoms with Crippen LogP contribution in [0.3, 0.4) is 0 Å². The molecule has 1 amide bonds. The maximum absolute atomic E-state index is 12.5. The Balaban J connectivity index is 1.94. The van der Waals surface area contributed by atoms with Gasteiger partial charge in [-0.3, -0.25) is 9.69 Å². The Kier molecular flexibility index (Phi) is 5.01. The molecule has 104 valence electrons. The highest BCUT2D eigenvalue weighted by atomic mass is 16.2. The van der Waals surface area contributed by atoms with E-state index in [1.165, 1.54) is 25.7 Å². The van der Waals surface area contributed by atoms with Gasteiger partial charge in [-0.25, -0.2) is 0 Å². The summed E-state index contributed by atoms with van der Waals surface area (Å²) in [6.07, 6.45) is 4.70. The van der Waals surface area contributed by atoms with Gasteiger partial charge in [0, 0.05) is 19.1 Å². The van der Waals surface area contributed by atoms with Gasteiger partial charge in [0.1, 0.15) is 0 Å². The quantitative estimate of drug-likeness (QED) is 0.814. The molecule has 1 N–H and O–H groups in total. The van der Waals surface area contributed by atoms with E-state index in [0.717, 1.165) is 32.7 Å². The molecule has 2 heterocycles. The van der Waals surface area contributed by atoms with Gasteiger partial charge >= 0.3 is 0 Å². The van der Waals surface area contributed by atoms with Gasteiger partial charge in [0.2, 0.25) is 5.91 Å². The number of hydrogen-bond donors (Lipinski definition) is 1. The number of rotatable bonds is 4. The lowest BCUT2D eigenvalue weighted by Gasteiger charge is -2.38. The Labute approximate surface area is 111 Å². The highest BCUT2D eigenvalue weighted by molar-refractivity contribution is 5.81. The van der Waals surface area contributed by atoms with Crippen molar-refractivity contribution in [2.45, 2.75) is 51.6 Å². The van der Waals surface area contributed by atoms with Gasteiger partial charge in [0.05, 0.1) is 6.04 Å². The molecule has 0 saturated carbocycles. The average molecular weight is 253 g/mol. The van der Waals surface area contributed by atoms with Crippen LogP contribution in [0.5, 0.6) is 0 Å². The van der Waals surface area contributed by atoms with Gasteiger partial charge in [-0.15, -0.1) is 0 Å². The lowest BCUT2D eigenvalue weighted by Crippen LogP contribution is -2.52. The molecule has 0 radical (unpaired) electrons. The van der Waals surface area contributed by atoms with E-state index in [1.807, 2.05) is 0 Å². The summed E-state index contributed by atoms with van der Waals surface area (Å²) in [5.74, 6) is 0.341. The van der Waals surface area contributed by atoms with Gasteiger partial charge in [0.25, 0.3) is 0 Å². The van der Waals surface area contributed by atoms with Crippen LogP contribution >= 0.6 is 0 Å². The molecular weight excluding hydrogens is 226 g/mol. The summed E-state index contributed by atoms with van der Waals surface area (Å²) in [7, 11) is 0. The zero-order valence-electron chi connectivity index (χ0n) is 11.8. The van der Waals surface area contributed by atoms with Crippen molar-refractivity contribution < 1.29 is 4.79 Å². The molecule has 18 heavy (non-hydrogen) atoms. The molecule has 2 saturated heterocycles. The average Bonchev–Trinajstić information content (AvgIpc) is 2.94. The summed E-state index contributed by atoms with van der Waals surface area (Å²) in [5.41, 5.74) is 0. The number of carbonyl (C=O) groups is 1. The highest BCUT2D eigenvalue weighted by Gasteiger charge is 2.31. The van der Waals surface area contributed by atoms with Crippen molar-refractivity contribution >= 4 is 5.91 Å². The largest absolute Gasteiger partial charge is 0.341 e. The number of amides is 1. The third-order valence-electron chi connectivity index (χ3n) is 4.42. The minimum Gasteiger partial charge on any atom is -0.341 e. The molecule has 0 aromatic carbocycles. The maximum Gasteiger partial charge on any atom is 0.239 e. The standard InChI is InChI=1S/C14H27N3O/c1-3-17(13-6-8-15-9-7-13)12(2)14(18)16-10-4-5-11-16/h12-13,15H,3-11H2,1-2H3. The lowest BCUT2D eigenvalue weighted by molar-refractivity contribution is -0.136. The van der Waals surface area contributed by atoms with Gasteiger partial charge in [-0.2, -0.15) is 0 Å². The first-order chi connectivity index (χ1) is 8.74. The smallest absolute Gasteiger partial charge is 0.239 e. The van der Waals surface area contributed by atoms with Crippen LogP contribution in [0.1, 0.15) is 39.5 Å². The Morgan fingerprint density at radius 1 is 1.33 bits per heavy atom. The molecule has 2 aliphatic rings. The molecule has 1 atom stereocenters. The monoisotopic (exact) mass is 253 g/mol. The van der Waals surface area contributed by atoms with Crippen LogP contribution < -0.4 is 5.32 Å². The molecule has 0 aromatic heterocycles. The van der Waals surface area contributed by atoms with E-state index >= 15 is 0 Å². The molecule has 0 spiro atoms. The number of likely N-dealkylation sites (tertiary alicyclic amines) is 1. The van der Waals surface area contributed by atoms with E-state index in [0.29, 0.717) is 11.9 Å². The first kappa shape index (κ1) is 13.8. The number of piperidine rings is 1. The van der Waals surface area contributed by atoms with Crippen LogP contribution in [0.25, 0.3) is 0 Å². The molecular formula is C14H27N3O. The van der Waals surface area contributed by atoms with Crippen LogP contribution in [0.4, 0.5) is 0 Å². The van der Waals surface area contributed by atoms with Crippen molar-refractivity contribution in [3.63, 3.8) is 0 Å². The predicted octanol–water partition coefficient (Wildman–Crippen LogP) is 1.07. The number of nitrogens with zero attached hydrogens (tertiary/aromatic N) is 2. The molecule has 4 nitrogen and oxygen atoms in total. The lowest BCUT2D eigenvalue weighted by atomic mass is 10.0. The maximum atomic E-state index is 12.5. The Morgan fingerprint density at radius 2 is 1.94 bits per heavy atom. The molecule has 0 bridgehead atoms. The fourth-order valence-corrected chi connectivity index (χ4v) is 3.33. The molecule has 2 fully saturated rings. The van der Waals surface area contributed by atoms with Crippen LogP contribution in [-0.4, -0.2) is 60.5 Å². The predicted molar refractivity (Wildman–Crippen MR) is 73.5 cm³/mol. The molecule has 0 aliphatic carbocycles. The van der Waals surface area contributed by atoms with Crippen molar-refractivity contribution in [3.8, 4) is 0 Å².